The zero-order chi connectivity index (χ0) is 17.6. The zero-order valence-electron chi connectivity index (χ0n) is 14.6. The maximum absolute atomic E-state index is 13.2. The minimum atomic E-state index is -0.0306. The van der Waals surface area contributed by atoms with E-state index in [2.05, 4.69) is 0 Å². The highest BCUT2D eigenvalue weighted by atomic mass is 35.5. The molecular formula is C19H27ClN2O3. The van der Waals surface area contributed by atoms with Crippen LogP contribution in [0, 0.1) is 5.92 Å². The van der Waals surface area contributed by atoms with Crippen molar-refractivity contribution in [1.29, 1.82) is 0 Å². The van der Waals surface area contributed by atoms with E-state index in [0.717, 1.165) is 26.0 Å². The Bertz CT molecular complexity index is 586. The Morgan fingerprint density at radius 1 is 1.28 bits per heavy atom. The van der Waals surface area contributed by atoms with Gasteiger partial charge in [0, 0.05) is 31.3 Å². The summed E-state index contributed by atoms with van der Waals surface area (Å²) >= 11 is 6.14. The number of carbonyl (C=O) groups excluding carboxylic acids is 1. The van der Waals surface area contributed by atoms with E-state index in [1.54, 1.807) is 18.2 Å². The van der Waals surface area contributed by atoms with Gasteiger partial charge in [-0.1, -0.05) is 18.0 Å². The molecule has 3 rings (SSSR count). The summed E-state index contributed by atoms with van der Waals surface area (Å²) in [6, 6.07) is 5.18. The van der Waals surface area contributed by atoms with Crippen LogP contribution < -0.4 is 10.5 Å². The van der Waals surface area contributed by atoms with Gasteiger partial charge in [-0.25, -0.2) is 0 Å². The predicted molar refractivity (Wildman–Crippen MR) is 98.2 cm³/mol. The highest BCUT2D eigenvalue weighted by Crippen LogP contribution is 2.30. The second-order valence-electron chi connectivity index (χ2n) is 6.92. The Hall–Kier alpha value is -1.30. The molecule has 2 N–H and O–H groups in total. The van der Waals surface area contributed by atoms with Crippen LogP contribution in [0.15, 0.2) is 18.2 Å². The van der Waals surface area contributed by atoms with Crippen LogP contribution >= 0.6 is 11.6 Å². The number of rotatable bonds is 8. The molecule has 2 aliphatic rings. The molecule has 1 aliphatic heterocycles. The number of nitrogens with two attached hydrogens (primary N) is 1. The van der Waals surface area contributed by atoms with Crippen molar-refractivity contribution in [2.45, 2.75) is 38.2 Å². The molecule has 1 unspecified atom stereocenters. The zero-order valence-corrected chi connectivity index (χ0v) is 15.3. The quantitative estimate of drug-likeness (QED) is 0.767. The summed E-state index contributed by atoms with van der Waals surface area (Å²) in [7, 11) is 0. The van der Waals surface area contributed by atoms with Crippen LogP contribution in [0.2, 0.25) is 5.02 Å². The van der Waals surface area contributed by atoms with Crippen molar-refractivity contribution in [3.63, 3.8) is 0 Å². The van der Waals surface area contributed by atoms with Crippen LogP contribution in [-0.2, 0) is 4.74 Å². The van der Waals surface area contributed by atoms with Gasteiger partial charge in [0.2, 0.25) is 0 Å². The summed E-state index contributed by atoms with van der Waals surface area (Å²) in [5, 5.41) is 0.532. The highest BCUT2D eigenvalue weighted by molar-refractivity contribution is 6.31. The molecule has 1 amide bonds. The molecule has 2 fully saturated rings. The molecule has 0 radical (unpaired) electrons. The Morgan fingerprint density at radius 2 is 2.12 bits per heavy atom. The third kappa shape index (κ3) is 4.87. The van der Waals surface area contributed by atoms with E-state index in [0.29, 0.717) is 41.9 Å². The second-order valence-corrected chi connectivity index (χ2v) is 7.36. The van der Waals surface area contributed by atoms with Gasteiger partial charge in [-0.3, -0.25) is 4.79 Å². The van der Waals surface area contributed by atoms with Crippen LogP contribution in [-0.4, -0.2) is 49.8 Å². The fourth-order valence-corrected chi connectivity index (χ4v) is 3.57. The standard InChI is InChI=1S/C19H27ClN2O3/c20-15-6-7-18(25-10-8-21)17(11-15)19(23)22(12-14-3-1-4-14)13-16-5-2-9-24-16/h6-7,11,14,16H,1-5,8-10,12-13,21H2. The molecule has 0 aromatic heterocycles. The maximum Gasteiger partial charge on any atom is 0.257 e. The van der Waals surface area contributed by atoms with E-state index in [-0.39, 0.29) is 12.0 Å². The number of benzene rings is 1. The molecule has 1 atom stereocenters. The Balaban J connectivity index is 1.78. The molecule has 1 saturated carbocycles. The lowest BCUT2D eigenvalue weighted by Gasteiger charge is -2.34. The largest absolute Gasteiger partial charge is 0.491 e. The van der Waals surface area contributed by atoms with E-state index in [4.69, 9.17) is 26.8 Å². The average Bonchev–Trinajstić information content (AvgIpc) is 3.08. The van der Waals surface area contributed by atoms with Gasteiger partial charge >= 0.3 is 0 Å². The van der Waals surface area contributed by atoms with Gasteiger partial charge in [-0.2, -0.15) is 0 Å². The number of hydrogen-bond donors (Lipinski definition) is 1. The maximum atomic E-state index is 13.2. The minimum Gasteiger partial charge on any atom is -0.491 e. The van der Waals surface area contributed by atoms with Gasteiger partial charge in [-0.15, -0.1) is 0 Å². The number of hydrogen-bond acceptors (Lipinski definition) is 4. The molecular weight excluding hydrogens is 340 g/mol. The first-order chi connectivity index (χ1) is 12.2. The summed E-state index contributed by atoms with van der Waals surface area (Å²) in [5.74, 6) is 1.11. The summed E-state index contributed by atoms with van der Waals surface area (Å²) in [4.78, 5) is 15.2. The first kappa shape index (κ1) is 18.5. The third-order valence-electron chi connectivity index (χ3n) is 4.99. The summed E-state index contributed by atoms with van der Waals surface area (Å²) in [6.45, 7) is 2.98. The number of nitrogens with zero attached hydrogens (tertiary/aromatic N) is 1. The Labute approximate surface area is 154 Å². The molecule has 1 saturated heterocycles. The van der Waals surface area contributed by atoms with E-state index in [1.807, 2.05) is 4.90 Å². The normalized spacial score (nSPS) is 20.3. The van der Waals surface area contributed by atoms with Crippen molar-refractivity contribution >= 4 is 17.5 Å². The smallest absolute Gasteiger partial charge is 0.257 e. The molecule has 5 nitrogen and oxygen atoms in total. The summed E-state index contributed by atoms with van der Waals surface area (Å²) in [6.07, 6.45) is 5.87. The predicted octanol–water partition coefficient (Wildman–Crippen LogP) is 3.10. The third-order valence-corrected chi connectivity index (χ3v) is 5.22. The Kier molecular flexibility index (Phi) is 6.57. The molecule has 6 heteroatoms. The number of ether oxygens (including phenoxy) is 2. The van der Waals surface area contributed by atoms with E-state index in [9.17, 15) is 4.79 Å². The molecule has 1 aromatic carbocycles. The van der Waals surface area contributed by atoms with Crippen LogP contribution in [0.4, 0.5) is 0 Å². The van der Waals surface area contributed by atoms with Crippen LogP contribution in [0.5, 0.6) is 5.75 Å². The monoisotopic (exact) mass is 366 g/mol. The lowest BCUT2D eigenvalue weighted by Crippen LogP contribution is -2.42. The number of halogens is 1. The molecule has 0 bridgehead atoms. The van der Waals surface area contributed by atoms with Crippen LogP contribution in [0.25, 0.3) is 0 Å². The highest BCUT2D eigenvalue weighted by Gasteiger charge is 2.29. The molecule has 1 aromatic rings. The fourth-order valence-electron chi connectivity index (χ4n) is 3.40. The van der Waals surface area contributed by atoms with Crippen molar-refractivity contribution < 1.29 is 14.3 Å². The SMILES string of the molecule is NCCOc1ccc(Cl)cc1C(=O)N(CC1CCC1)CC1CCCO1. The molecule has 1 aliphatic carbocycles. The van der Waals surface area contributed by atoms with Crippen molar-refractivity contribution in [2.24, 2.45) is 11.7 Å². The van der Waals surface area contributed by atoms with Crippen molar-refractivity contribution in [3.8, 4) is 5.75 Å². The molecule has 0 spiro atoms. The van der Waals surface area contributed by atoms with E-state index >= 15 is 0 Å². The second kappa shape index (κ2) is 8.88. The lowest BCUT2D eigenvalue weighted by molar-refractivity contribution is 0.0445. The van der Waals surface area contributed by atoms with Crippen LogP contribution in [0.3, 0.4) is 0 Å². The topological polar surface area (TPSA) is 64.8 Å². The molecule has 138 valence electrons. The fraction of sp³-hybridized carbons (Fsp3) is 0.632. The Morgan fingerprint density at radius 3 is 2.76 bits per heavy atom. The van der Waals surface area contributed by atoms with Gasteiger partial charge in [0.25, 0.3) is 5.91 Å². The van der Waals surface area contributed by atoms with E-state index < -0.39 is 0 Å². The number of amides is 1. The first-order valence-electron chi connectivity index (χ1n) is 9.20. The van der Waals surface area contributed by atoms with Crippen molar-refractivity contribution in [1.82, 2.24) is 4.90 Å². The lowest BCUT2D eigenvalue weighted by atomic mass is 9.85. The van der Waals surface area contributed by atoms with Gasteiger partial charge in [0.05, 0.1) is 11.7 Å². The molecule has 1 heterocycles. The van der Waals surface area contributed by atoms with Gasteiger partial charge < -0.3 is 20.1 Å². The first-order valence-corrected chi connectivity index (χ1v) is 9.58. The van der Waals surface area contributed by atoms with Gasteiger partial charge in [-0.05, 0) is 49.8 Å². The average molecular weight is 367 g/mol. The summed E-state index contributed by atoms with van der Waals surface area (Å²) < 4.78 is 11.4. The van der Waals surface area contributed by atoms with Crippen molar-refractivity contribution in [3.05, 3.63) is 28.8 Å². The van der Waals surface area contributed by atoms with Crippen molar-refractivity contribution in [2.75, 3.05) is 32.8 Å². The summed E-state index contributed by atoms with van der Waals surface area (Å²) in [5.41, 5.74) is 6.04. The van der Waals surface area contributed by atoms with Gasteiger partial charge in [0.15, 0.2) is 0 Å². The minimum absolute atomic E-state index is 0.0306. The number of carbonyl (C=O) groups is 1. The van der Waals surface area contributed by atoms with E-state index in [1.165, 1.54) is 19.3 Å². The van der Waals surface area contributed by atoms with Gasteiger partial charge in [0.1, 0.15) is 12.4 Å². The van der Waals surface area contributed by atoms with Crippen LogP contribution in [0.1, 0.15) is 42.5 Å². The molecule has 25 heavy (non-hydrogen) atoms.